The van der Waals surface area contributed by atoms with E-state index in [2.05, 4.69) is 28.3 Å². The van der Waals surface area contributed by atoms with Gasteiger partial charge in [-0.05, 0) is 56.9 Å². The summed E-state index contributed by atoms with van der Waals surface area (Å²) in [5.74, 6) is 1.33. The maximum atomic E-state index is 13.0. The molecule has 162 valence electrons. The average molecular weight is 413 g/mol. The number of amides is 1. The molecule has 8 heteroatoms. The Bertz CT molecular complexity index is 626. The van der Waals surface area contributed by atoms with Crippen LogP contribution in [0.25, 0.3) is 0 Å². The van der Waals surface area contributed by atoms with Gasteiger partial charge in [-0.3, -0.25) is 4.79 Å². The van der Waals surface area contributed by atoms with Crippen molar-refractivity contribution in [3.05, 3.63) is 12.7 Å². The number of hydrogen-bond acceptors (Lipinski definition) is 4. The first kappa shape index (κ1) is 22.1. The Kier molecular flexibility index (Phi) is 7.25. The van der Waals surface area contributed by atoms with E-state index in [0.717, 1.165) is 19.3 Å². The molecule has 1 heterocycles. The van der Waals surface area contributed by atoms with E-state index in [4.69, 9.17) is 11.2 Å². The maximum absolute atomic E-state index is 13.0. The number of carbonyl (C=O) groups is 1. The van der Waals surface area contributed by atoms with Gasteiger partial charge < -0.3 is 10.1 Å². The summed E-state index contributed by atoms with van der Waals surface area (Å²) >= 11 is 0. The second-order valence-electron chi connectivity index (χ2n) is 8.32. The fourth-order valence-corrected chi connectivity index (χ4v) is 5.16. The lowest BCUT2D eigenvalue weighted by Crippen LogP contribution is -2.50. The fraction of sp³-hybridized carbons (Fsp3) is 0.762. The molecule has 29 heavy (non-hydrogen) atoms. The zero-order valence-electron chi connectivity index (χ0n) is 16.6. The van der Waals surface area contributed by atoms with Crippen molar-refractivity contribution in [1.29, 1.82) is 0 Å². The van der Waals surface area contributed by atoms with E-state index >= 15 is 0 Å². The Labute approximate surface area is 170 Å². The van der Waals surface area contributed by atoms with Crippen molar-refractivity contribution in [1.82, 2.24) is 15.8 Å². The number of carbonyl (C=O) groups excluding carboxylic acids is 1. The highest BCUT2D eigenvalue weighted by Gasteiger charge is 2.49. The molecule has 3 rings (SSSR count). The zero-order valence-corrected chi connectivity index (χ0v) is 16.6. The number of halogens is 3. The van der Waals surface area contributed by atoms with E-state index in [1.165, 1.54) is 6.08 Å². The molecule has 2 N–H and O–H groups in total. The molecule has 0 aromatic carbocycles. The Balaban J connectivity index is 1.65. The van der Waals surface area contributed by atoms with Crippen molar-refractivity contribution in [3.63, 3.8) is 0 Å². The van der Waals surface area contributed by atoms with Gasteiger partial charge in [-0.25, -0.2) is 10.4 Å². The molecule has 1 amide bonds. The second kappa shape index (κ2) is 9.50. The molecule has 2 aliphatic carbocycles. The minimum atomic E-state index is -4.10. The molecule has 3 fully saturated rings. The number of alkyl halides is 3. The normalized spacial score (nSPS) is 35.5. The Hall–Kier alpha value is -1.56. The summed E-state index contributed by atoms with van der Waals surface area (Å²) in [4.78, 5) is 11.6. The number of fused-ring (bicyclic) bond motifs is 1. The van der Waals surface area contributed by atoms with Crippen molar-refractivity contribution in [2.24, 2.45) is 11.8 Å². The van der Waals surface area contributed by atoms with E-state index in [1.807, 2.05) is 0 Å². The van der Waals surface area contributed by atoms with Gasteiger partial charge >= 0.3 is 6.18 Å². The van der Waals surface area contributed by atoms with Gasteiger partial charge in [-0.1, -0.05) is 12.5 Å². The number of terminal acetylenes is 1. The van der Waals surface area contributed by atoms with Gasteiger partial charge in [0.05, 0.1) is 12.0 Å². The largest absolute Gasteiger partial charge is 0.391 e. The van der Waals surface area contributed by atoms with Crippen molar-refractivity contribution in [2.45, 2.75) is 75.4 Å². The van der Waals surface area contributed by atoms with Crippen LogP contribution in [0.2, 0.25) is 0 Å². The van der Waals surface area contributed by atoms with Crippen LogP contribution < -0.4 is 10.7 Å². The molecule has 4 atom stereocenters. The predicted octanol–water partition coefficient (Wildman–Crippen LogP) is 2.79. The van der Waals surface area contributed by atoms with Crippen LogP contribution in [0.5, 0.6) is 0 Å². The molecule has 0 spiro atoms. The van der Waals surface area contributed by atoms with Crippen molar-refractivity contribution < 1.29 is 22.7 Å². The molecule has 1 aliphatic heterocycles. The van der Waals surface area contributed by atoms with E-state index in [-0.39, 0.29) is 55.5 Å². The topological polar surface area (TPSA) is 53.6 Å². The molecule has 0 radical (unpaired) electrons. The van der Waals surface area contributed by atoms with Crippen LogP contribution in [0, 0.1) is 24.2 Å². The van der Waals surface area contributed by atoms with Crippen molar-refractivity contribution >= 4 is 5.91 Å². The summed E-state index contributed by atoms with van der Waals surface area (Å²) in [6.45, 7) is 4.20. The number of hydrazine groups is 1. The summed E-state index contributed by atoms with van der Waals surface area (Å²) in [5.41, 5.74) is 3.52. The molecule has 0 aromatic heterocycles. The zero-order chi connectivity index (χ0) is 21.0. The van der Waals surface area contributed by atoms with E-state index < -0.39 is 12.1 Å². The lowest BCUT2D eigenvalue weighted by molar-refractivity contribution is -0.185. The molecule has 1 saturated heterocycles. The van der Waals surface area contributed by atoms with Crippen molar-refractivity contribution in [3.8, 4) is 12.3 Å². The lowest BCUT2D eigenvalue weighted by atomic mass is 9.78. The highest BCUT2D eigenvalue weighted by Crippen LogP contribution is 2.43. The van der Waals surface area contributed by atoms with Crippen LogP contribution in [0.4, 0.5) is 13.2 Å². The molecular weight excluding hydrogens is 383 g/mol. The van der Waals surface area contributed by atoms with Crippen LogP contribution in [0.15, 0.2) is 12.7 Å². The summed E-state index contributed by atoms with van der Waals surface area (Å²) in [6.07, 6.45) is 6.53. The van der Waals surface area contributed by atoms with E-state index in [9.17, 15) is 18.0 Å². The summed E-state index contributed by atoms with van der Waals surface area (Å²) in [7, 11) is 0. The minimum Gasteiger partial charge on any atom is -0.366 e. The third kappa shape index (κ3) is 5.33. The molecule has 5 nitrogen and oxygen atoms in total. The number of hydrogen-bond donors (Lipinski definition) is 2. The molecule has 3 aliphatic rings. The molecule has 0 bridgehead atoms. The molecule has 0 aromatic rings. The Morgan fingerprint density at radius 3 is 2.62 bits per heavy atom. The van der Waals surface area contributed by atoms with Gasteiger partial charge in [-0.2, -0.15) is 13.2 Å². The second-order valence-corrected chi connectivity index (χ2v) is 8.32. The summed E-state index contributed by atoms with van der Waals surface area (Å²) in [5, 5.41) is 5.04. The number of nitrogens with zero attached hydrogens (tertiary/aromatic N) is 1. The first-order valence-corrected chi connectivity index (χ1v) is 10.4. The van der Waals surface area contributed by atoms with Gasteiger partial charge in [0.15, 0.2) is 0 Å². The highest BCUT2D eigenvalue weighted by molar-refractivity contribution is 5.86. The third-order valence-corrected chi connectivity index (χ3v) is 6.64. The first-order chi connectivity index (χ1) is 13.8. The van der Waals surface area contributed by atoms with Crippen LogP contribution in [-0.2, 0) is 9.53 Å². The summed E-state index contributed by atoms with van der Waals surface area (Å²) in [6, 6.07) is 0.338. The number of rotatable bonds is 6. The van der Waals surface area contributed by atoms with E-state index in [0.29, 0.717) is 19.4 Å². The highest BCUT2D eigenvalue weighted by atomic mass is 19.4. The monoisotopic (exact) mass is 413 g/mol. The van der Waals surface area contributed by atoms with Crippen LogP contribution in [0.1, 0.15) is 44.9 Å². The van der Waals surface area contributed by atoms with Crippen LogP contribution in [0.3, 0.4) is 0 Å². The fourth-order valence-electron chi connectivity index (χ4n) is 5.16. The van der Waals surface area contributed by atoms with E-state index in [1.54, 1.807) is 0 Å². The minimum absolute atomic E-state index is 0.0153. The third-order valence-electron chi connectivity index (χ3n) is 6.64. The number of nitrogens with one attached hydrogen (secondary N) is 2. The smallest absolute Gasteiger partial charge is 0.366 e. The van der Waals surface area contributed by atoms with Gasteiger partial charge in [0.25, 0.3) is 0 Å². The van der Waals surface area contributed by atoms with Gasteiger partial charge in [0.1, 0.15) is 6.61 Å². The molecule has 2 saturated carbocycles. The predicted molar refractivity (Wildman–Crippen MR) is 103 cm³/mol. The Morgan fingerprint density at radius 1 is 1.28 bits per heavy atom. The maximum Gasteiger partial charge on any atom is 0.391 e. The van der Waals surface area contributed by atoms with Crippen LogP contribution in [-0.4, -0.2) is 54.5 Å². The average Bonchev–Trinajstić information content (AvgIpc) is 3.07. The molecule has 4 unspecified atom stereocenters. The summed E-state index contributed by atoms with van der Waals surface area (Å²) < 4.78 is 44.8. The van der Waals surface area contributed by atoms with Gasteiger partial charge in [0.2, 0.25) is 5.91 Å². The Morgan fingerprint density at radius 2 is 2.00 bits per heavy atom. The lowest BCUT2D eigenvalue weighted by Gasteiger charge is -2.41. The number of ether oxygens (including phenoxy) is 1. The SMILES string of the molecule is C#CCOC1CCC2C(C1)C(CNC(=O)C=C)NN2C1CCC(C(F)(F)F)CC1. The van der Waals surface area contributed by atoms with Crippen molar-refractivity contribution in [2.75, 3.05) is 13.2 Å². The van der Waals surface area contributed by atoms with Gasteiger partial charge in [-0.15, -0.1) is 6.42 Å². The van der Waals surface area contributed by atoms with Gasteiger partial charge in [0, 0.05) is 24.7 Å². The first-order valence-electron chi connectivity index (χ1n) is 10.4. The van der Waals surface area contributed by atoms with Crippen LogP contribution >= 0.6 is 0 Å². The standard InChI is InChI=1S/C21H30F3N3O2/c1-3-11-29-16-9-10-19-17(12-16)18(13-25-20(28)4-2)26-27(19)15-7-5-14(6-8-15)21(22,23)24/h1,4,14-19,26H,2,5-13H2,(H,25,28). The molecular formula is C21H30F3N3O2. The quantitative estimate of drug-likeness (QED) is 0.519.